The van der Waals surface area contributed by atoms with Gasteiger partial charge in [-0.25, -0.2) is 0 Å². The van der Waals surface area contributed by atoms with Crippen LogP contribution in [0.3, 0.4) is 0 Å². The summed E-state index contributed by atoms with van der Waals surface area (Å²) in [6.07, 6.45) is -5.37. The third-order valence-corrected chi connectivity index (χ3v) is 2.44. The third kappa shape index (κ3) is 1.70. The average molecular weight is 218 g/mol. The molecule has 0 radical (unpaired) electrons. The number of nitrogens with two attached hydrogens (primary N) is 1. The predicted molar refractivity (Wildman–Crippen MR) is 40.0 cm³/mol. The van der Waals surface area contributed by atoms with E-state index in [1.54, 1.807) is 0 Å². The normalized spacial score (nSPS) is 31.1. The average Bonchev–Trinajstić information content (AvgIpc) is 2.28. The van der Waals surface area contributed by atoms with Crippen molar-refractivity contribution < 1.29 is 22.0 Å². The van der Waals surface area contributed by atoms with Gasteiger partial charge in [0.05, 0.1) is 6.04 Å². The molecule has 0 aromatic rings. The first-order valence-electron chi connectivity index (χ1n) is 4.08. The van der Waals surface area contributed by atoms with Gasteiger partial charge in [0.2, 0.25) is 0 Å². The van der Waals surface area contributed by atoms with E-state index in [0.29, 0.717) is 0 Å². The number of likely N-dealkylation sites (tertiary alicyclic amines) is 1. The summed E-state index contributed by atoms with van der Waals surface area (Å²) in [5.41, 5.74) is 5.23. The van der Waals surface area contributed by atoms with Crippen LogP contribution >= 0.6 is 0 Å². The molecule has 1 rings (SSSR count). The van der Waals surface area contributed by atoms with Crippen LogP contribution in [0.5, 0.6) is 0 Å². The summed E-state index contributed by atoms with van der Waals surface area (Å²) in [5, 5.41) is 0. The van der Waals surface area contributed by atoms with Crippen LogP contribution in [0.1, 0.15) is 6.42 Å². The fourth-order valence-corrected chi connectivity index (χ4v) is 1.69. The molecule has 0 saturated carbocycles. The van der Waals surface area contributed by atoms with Gasteiger partial charge in [0.25, 0.3) is 0 Å². The van der Waals surface area contributed by atoms with Crippen LogP contribution < -0.4 is 5.73 Å². The summed E-state index contributed by atoms with van der Waals surface area (Å²) < 4.78 is 61.8. The monoisotopic (exact) mass is 218 g/mol. The van der Waals surface area contributed by atoms with Crippen LogP contribution in [0.2, 0.25) is 0 Å². The number of halogens is 5. The maximum absolute atomic E-state index is 12.9. The van der Waals surface area contributed by atoms with Crippen LogP contribution in [0.15, 0.2) is 0 Å². The number of rotatable bonds is 1. The van der Waals surface area contributed by atoms with Crippen molar-refractivity contribution in [2.75, 3.05) is 13.6 Å². The maximum Gasteiger partial charge on any atom is 0.455 e. The van der Waals surface area contributed by atoms with Crippen LogP contribution in [0, 0.1) is 0 Å². The van der Waals surface area contributed by atoms with Gasteiger partial charge in [-0.2, -0.15) is 22.0 Å². The molecule has 1 saturated heterocycles. The number of likely N-dealkylation sites (N-methyl/N-ethyl adjacent to an activating group) is 1. The Hall–Kier alpha value is -0.430. The summed E-state index contributed by atoms with van der Waals surface area (Å²) in [4.78, 5) is 0.957. The highest BCUT2D eigenvalue weighted by molar-refractivity contribution is 5.00. The number of alkyl halides is 5. The molecule has 0 amide bonds. The lowest BCUT2D eigenvalue weighted by molar-refractivity contribution is -0.300. The van der Waals surface area contributed by atoms with Crippen LogP contribution in [0.25, 0.3) is 0 Å². The van der Waals surface area contributed by atoms with Crippen molar-refractivity contribution in [1.29, 1.82) is 0 Å². The fourth-order valence-electron chi connectivity index (χ4n) is 1.69. The maximum atomic E-state index is 12.9. The number of hydrogen-bond acceptors (Lipinski definition) is 2. The summed E-state index contributed by atoms with van der Waals surface area (Å²) >= 11 is 0. The van der Waals surface area contributed by atoms with Gasteiger partial charge in [-0.05, 0) is 20.0 Å². The molecule has 0 spiro atoms. The van der Waals surface area contributed by atoms with Crippen molar-refractivity contribution in [2.45, 2.75) is 30.6 Å². The highest BCUT2D eigenvalue weighted by Crippen LogP contribution is 2.42. The summed E-state index contributed by atoms with van der Waals surface area (Å²) in [6.45, 7) is 0.164. The Bertz CT molecular complexity index is 205. The van der Waals surface area contributed by atoms with Crippen LogP contribution in [0.4, 0.5) is 22.0 Å². The quantitative estimate of drug-likeness (QED) is 0.670. The first kappa shape index (κ1) is 11.6. The van der Waals surface area contributed by atoms with Gasteiger partial charge in [0, 0.05) is 6.04 Å². The molecule has 2 N–H and O–H groups in total. The van der Waals surface area contributed by atoms with Crippen molar-refractivity contribution in [1.82, 2.24) is 4.90 Å². The Balaban J connectivity index is 2.91. The molecule has 2 atom stereocenters. The minimum Gasteiger partial charge on any atom is -0.326 e. The highest BCUT2D eigenvalue weighted by atomic mass is 19.4. The molecule has 1 heterocycles. The molecule has 0 aliphatic carbocycles. The summed E-state index contributed by atoms with van der Waals surface area (Å²) in [6, 6.07) is -3.07. The van der Waals surface area contributed by atoms with E-state index in [2.05, 4.69) is 0 Å². The van der Waals surface area contributed by atoms with E-state index in [9.17, 15) is 22.0 Å². The second-order valence-corrected chi connectivity index (χ2v) is 3.50. The lowest BCUT2D eigenvalue weighted by Crippen LogP contribution is -2.57. The van der Waals surface area contributed by atoms with Crippen LogP contribution in [-0.4, -0.2) is 42.7 Å². The van der Waals surface area contributed by atoms with Gasteiger partial charge in [-0.15, -0.1) is 0 Å². The van der Waals surface area contributed by atoms with Crippen molar-refractivity contribution in [3.8, 4) is 0 Å². The lowest BCUT2D eigenvalue weighted by atomic mass is 10.0. The first-order chi connectivity index (χ1) is 6.18. The second kappa shape index (κ2) is 3.30. The van der Waals surface area contributed by atoms with Gasteiger partial charge in [-0.3, -0.25) is 4.90 Å². The second-order valence-electron chi connectivity index (χ2n) is 3.50. The Morgan fingerprint density at radius 3 is 2.00 bits per heavy atom. The molecule has 0 aromatic carbocycles. The summed E-state index contributed by atoms with van der Waals surface area (Å²) in [5.74, 6) is -4.74. The molecule has 0 aromatic heterocycles. The van der Waals surface area contributed by atoms with Crippen molar-refractivity contribution in [3.05, 3.63) is 0 Å². The minimum absolute atomic E-state index is 0.160. The van der Waals surface area contributed by atoms with Gasteiger partial charge in [0.15, 0.2) is 0 Å². The molecule has 0 bridgehead atoms. The molecule has 1 fully saturated rings. The van der Waals surface area contributed by atoms with Crippen molar-refractivity contribution in [3.63, 3.8) is 0 Å². The van der Waals surface area contributed by atoms with Gasteiger partial charge in [0.1, 0.15) is 0 Å². The largest absolute Gasteiger partial charge is 0.455 e. The van der Waals surface area contributed by atoms with Gasteiger partial charge >= 0.3 is 12.1 Å². The zero-order chi connectivity index (χ0) is 11.1. The van der Waals surface area contributed by atoms with E-state index in [1.807, 2.05) is 0 Å². The molecule has 2 unspecified atom stereocenters. The molecular formula is C7H11F5N2. The molecule has 7 heteroatoms. The molecule has 1 aliphatic heterocycles. The van der Waals surface area contributed by atoms with Crippen molar-refractivity contribution >= 4 is 0 Å². The van der Waals surface area contributed by atoms with E-state index >= 15 is 0 Å². The Morgan fingerprint density at radius 2 is 1.71 bits per heavy atom. The molecule has 1 aliphatic rings. The van der Waals surface area contributed by atoms with Crippen molar-refractivity contribution in [2.24, 2.45) is 5.73 Å². The molecule has 14 heavy (non-hydrogen) atoms. The Kier molecular flexibility index (Phi) is 2.75. The SMILES string of the molecule is CN1CCC(N)C1C(F)(F)C(F)(F)F. The first-order valence-corrected chi connectivity index (χ1v) is 4.08. The Labute approximate surface area is 77.9 Å². The lowest BCUT2D eigenvalue weighted by Gasteiger charge is -2.32. The highest BCUT2D eigenvalue weighted by Gasteiger charge is 2.65. The zero-order valence-corrected chi connectivity index (χ0v) is 7.48. The van der Waals surface area contributed by atoms with E-state index < -0.39 is 24.2 Å². The van der Waals surface area contributed by atoms with Gasteiger partial charge < -0.3 is 5.73 Å². The number of nitrogens with zero attached hydrogens (tertiary/aromatic N) is 1. The van der Waals surface area contributed by atoms with E-state index in [0.717, 1.165) is 4.90 Å². The molecule has 84 valence electrons. The predicted octanol–water partition coefficient (Wildman–Crippen LogP) is 1.22. The van der Waals surface area contributed by atoms with E-state index in [-0.39, 0.29) is 13.0 Å². The molecule has 2 nitrogen and oxygen atoms in total. The smallest absolute Gasteiger partial charge is 0.326 e. The van der Waals surface area contributed by atoms with Crippen LogP contribution in [-0.2, 0) is 0 Å². The zero-order valence-electron chi connectivity index (χ0n) is 7.48. The standard InChI is InChI=1S/C7H11F5N2/c1-14-3-2-4(13)5(14)6(8,9)7(10,11)12/h4-5H,2-3,13H2,1H3. The molecular weight excluding hydrogens is 207 g/mol. The summed E-state index contributed by atoms with van der Waals surface area (Å²) in [7, 11) is 1.22. The topological polar surface area (TPSA) is 29.3 Å². The fraction of sp³-hybridized carbons (Fsp3) is 1.00. The Morgan fingerprint density at radius 1 is 1.21 bits per heavy atom. The minimum atomic E-state index is -5.53. The third-order valence-electron chi connectivity index (χ3n) is 2.44. The number of hydrogen-bond donors (Lipinski definition) is 1. The van der Waals surface area contributed by atoms with E-state index in [1.165, 1.54) is 7.05 Å². The van der Waals surface area contributed by atoms with E-state index in [4.69, 9.17) is 5.73 Å². The van der Waals surface area contributed by atoms with Gasteiger partial charge in [-0.1, -0.05) is 0 Å².